The molecule has 266 valence electrons. The lowest BCUT2D eigenvalue weighted by atomic mass is 10.0. The fraction of sp³-hybridized carbons (Fsp3) is 0. The van der Waals surface area contributed by atoms with E-state index in [1.165, 1.54) is 31.1 Å². The first-order valence-electron chi connectivity index (χ1n) is 19.0. The van der Waals surface area contributed by atoms with Crippen LogP contribution < -0.4 is 0 Å². The Morgan fingerprint density at radius 1 is 0.351 bits per heavy atom. The Morgan fingerprint density at radius 3 is 1.77 bits per heavy atom. The SMILES string of the molecule is c1ccc(-c2nc(-c3ccc4c(c3)oc3ccc(-c5ccc6c(c5)sc5ccccc56)cc34)nc(-c3ccc4c(c3)c3ccccc3n4-c3ccccc3)n2)cc1. The third-order valence-corrected chi connectivity index (χ3v) is 12.2. The van der Waals surface area contributed by atoms with Crippen LogP contribution in [0.1, 0.15) is 0 Å². The largest absolute Gasteiger partial charge is 0.456 e. The van der Waals surface area contributed by atoms with Crippen molar-refractivity contribution in [1.82, 2.24) is 19.5 Å². The maximum absolute atomic E-state index is 6.50. The van der Waals surface area contributed by atoms with Crippen LogP contribution in [0, 0.1) is 0 Å². The van der Waals surface area contributed by atoms with Crippen LogP contribution in [0.2, 0.25) is 0 Å². The van der Waals surface area contributed by atoms with Crippen LogP contribution in [0.3, 0.4) is 0 Å². The molecule has 4 heterocycles. The topological polar surface area (TPSA) is 56.7 Å². The highest BCUT2D eigenvalue weighted by Crippen LogP contribution is 2.39. The molecule has 0 saturated carbocycles. The zero-order valence-electron chi connectivity index (χ0n) is 30.4. The molecule has 12 rings (SSSR count). The Morgan fingerprint density at radius 2 is 0.930 bits per heavy atom. The normalized spacial score (nSPS) is 11.9. The van der Waals surface area contributed by atoms with E-state index in [9.17, 15) is 0 Å². The minimum absolute atomic E-state index is 0.588. The lowest BCUT2D eigenvalue weighted by Crippen LogP contribution is -2.00. The average molecular weight is 747 g/mol. The van der Waals surface area contributed by atoms with Gasteiger partial charge in [0.15, 0.2) is 17.5 Å². The minimum atomic E-state index is 0.588. The number of furan rings is 1. The molecule has 0 aliphatic rings. The monoisotopic (exact) mass is 746 g/mol. The van der Waals surface area contributed by atoms with Crippen molar-refractivity contribution in [2.45, 2.75) is 0 Å². The second-order valence-electron chi connectivity index (χ2n) is 14.4. The second kappa shape index (κ2) is 12.6. The van der Waals surface area contributed by atoms with E-state index in [-0.39, 0.29) is 0 Å². The van der Waals surface area contributed by atoms with Gasteiger partial charge in [0.05, 0.1) is 11.0 Å². The van der Waals surface area contributed by atoms with Gasteiger partial charge in [-0.3, -0.25) is 0 Å². The molecule has 0 spiro atoms. The van der Waals surface area contributed by atoms with Crippen LogP contribution in [0.4, 0.5) is 0 Å². The lowest BCUT2D eigenvalue weighted by Gasteiger charge is -2.10. The first-order chi connectivity index (χ1) is 28.2. The van der Waals surface area contributed by atoms with Gasteiger partial charge in [0.2, 0.25) is 0 Å². The van der Waals surface area contributed by atoms with Crippen LogP contribution in [0.5, 0.6) is 0 Å². The Labute approximate surface area is 330 Å². The van der Waals surface area contributed by atoms with Crippen molar-refractivity contribution in [3.05, 3.63) is 182 Å². The molecule has 0 fully saturated rings. The smallest absolute Gasteiger partial charge is 0.164 e. The number of hydrogen-bond acceptors (Lipinski definition) is 5. The molecule has 5 nitrogen and oxygen atoms in total. The molecule has 0 atom stereocenters. The van der Waals surface area contributed by atoms with Crippen molar-refractivity contribution >= 4 is 75.3 Å². The fourth-order valence-corrected chi connectivity index (χ4v) is 9.46. The van der Waals surface area contributed by atoms with E-state index in [4.69, 9.17) is 19.4 Å². The molecule has 8 aromatic carbocycles. The van der Waals surface area contributed by atoms with E-state index >= 15 is 0 Å². The quantitative estimate of drug-likeness (QED) is 0.176. The molecule has 0 radical (unpaired) electrons. The highest BCUT2D eigenvalue weighted by Gasteiger charge is 2.18. The third-order valence-electron chi connectivity index (χ3n) is 11.1. The minimum Gasteiger partial charge on any atom is -0.456 e. The summed E-state index contributed by atoms with van der Waals surface area (Å²) >= 11 is 1.84. The second-order valence-corrected chi connectivity index (χ2v) is 15.5. The highest BCUT2D eigenvalue weighted by molar-refractivity contribution is 7.25. The molecule has 0 saturated heterocycles. The highest BCUT2D eigenvalue weighted by atomic mass is 32.1. The molecule has 0 unspecified atom stereocenters. The van der Waals surface area contributed by atoms with E-state index in [1.54, 1.807) is 0 Å². The van der Waals surface area contributed by atoms with E-state index in [0.717, 1.165) is 66.3 Å². The first kappa shape index (κ1) is 31.9. The van der Waals surface area contributed by atoms with Crippen molar-refractivity contribution in [2.75, 3.05) is 0 Å². The number of rotatable bonds is 5. The van der Waals surface area contributed by atoms with Crippen molar-refractivity contribution in [3.8, 4) is 51.0 Å². The Balaban J connectivity index is 0.975. The molecule has 4 aromatic heterocycles. The Hall–Kier alpha value is -7.41. The Bertz CT molecular complexity index is 3530. The number of nitrogens with zero attached hydrogens (tertiary/aromatic N) is 4. The van der Waals surface area contributed by atoms with E-state index < -0.39 is 0 Å². The van der Waals surface area contributed by atoms with Gasteiger partial charge >= 0.3 is 0 Å². The zero-order chi connectivity index (χ0) is 37.5. The lowest BCUT2D eigenvalue weighted by molar-refractivity contribution is 0.669. The predicted molar refractivity (Wildman–Crippen MR) is 236 cm³/mol. The summed E-state index contributed by atoms with van der Waals surface area (Å²) in [4.78, 5) is 15.2. The number of hydrogen-bond donors (Lipinski definition) is 0. The van der Waals surface area contributed by atoms with Crippen LogP contribution in [0.15, 0.2) is 186 Å². The van der Waals surface area contributed by atoms with Crippen molar-refractivity contribution in [1.29, 1.82) is 0 Å². The van der Waals surface area contributed by atoms with E-state index in [2.05, 4.69) is 156 Å². The summed E-state index contributed by atoms with van der Waals surface area (Å²) in [5.41, 5.74) is 10.1. The summed E-state index contributed by atoms with van der Waals surface area (Å²) in [6.45, 7) is 0. The van der Waals surface area contributed by atoms with Gasteiger partial charge in [-0.1, -0.05) is 109 Å². The van der Waals surface area contributed by atoms with Gasteiger partial charge in [-0.05, 0) is 83.9 Å². The molecule has 0 aliphatic carbocycles. The zero-order valence-corrected chi connectivity index (χ0v) is 31.2. The van der Waals surface area contributed by atoms with Crippen LogP contribution in [0.25, 0.3) is 115 Å². The summed E-state index contributed by atoms with van der Waals surface area (Å²) in [7, 11) is 0. The number of aromatic nitrogens is 4. The van der Waals surface area contributed by atoms with Gasteiger partial charge in [-0.15, -0.1) is 11.3 Å². The molecule has 12 aromatic rings. The van der Waals surface area contributed by atoms with E-state index in [0.29, 0.717) is 17.5 Å². The van der Waals surface area contributed by atoms with Crippen LogP contribution >= 0.6 is 11.3 Å². The van der Waals surface area contributed by atoms with Crippen molar-refractivity contribution in [2.24, 2.45) is 0 Å². The van der Waals surface area contributed by atoms with Crippen molar-refractivity contribution < 1.29 is 4.42 Å². The van der Waals surface area contributed by atoms with Crippen LogP contribution in [-0.2, 0) is 0 Å². The molecular weight excluding hydrogens is 717 g/mol. The summed E-state index contributed by atoms with van der Waals surface area (Å²) in [6.07, 6.45) is 0. The molecule has 0 bridgehead atoms. The maximum atomic E-state index is 6.50. The average Bonchev–Trinajstić information content (AvgIpc) is 3.95. The maximum Gasteiger partial charge on any atom is 0.164 e. The molecule has 0 aliphatic heterocycles. The first-order valence-corrected chi connectivity index (χ1v) is 19.8. The number of para-hydroxylation sites is 2. The number of thiophene rings is 1. The van der Waals surface area contributed by atoms with Crippen LogP contribution in [-0.4, -0.2) is 19.5 Å². The van der Waals surface area contributed by atoms with Gasteiger partial charge < -0.3 is 8.98 Å². The van der Waals surface area contributed by atoms with Gasteiger partial charge in [-0.25, -0.2) is 15.0 Å². The van der Waals surface area contributed by atoms with Gasteiger partial charge in [0.25, 0.3) is 0 Å². The summed E-state index contributed by atoms with van der Waals surface area (Å²) in [5, 5.41) is 7.06. The Kier molecular flexibility index (Phi) is 7.03. The summed E-state index contributed by atoms with van der Waals surface area (Å²) in [5.74, 6) is 1.82. The standard InChI is InChI=1S/C51H30N4OS/c1-3-11-31(12-4-1)49-52-50(34-21-25-44-41(28-34)37-15-7-9-17-43(37)55(44)36-13-5-2-6-14-36)54-51(53-49)35-20-23-38-42-27-32(22-26-45(42)56-46(38)29-35)33-19-24-40-39-16-8-10-18-47(39)57-48(40)30-33/h1-30H. The molecule has 6 heteroatoms. The van der Waals surface area contributed by atoms with E-state index in [1.807, 2.05) is 41.7 Å². The molecular formula is C51H30N4OS. The molecule has 57 heavy (non-hydrogen) atoms. The van der Waals surface area contributed by atoms with Gasteiger partial charge in [0.1, 0.15) is 11.2 Å². The third kappa shape index (κ3) is 5.19. The summed E-state index contributed by atoms with van der Waals surface area (Å²) in [6, 6.07) is 63.8. The molecule has 0 amide bonds. The molecule has 0 N–H and O–H groups in total. The number of benzene rings is 8. The summed E-state index contributed by atoms with van der Waals surface area (Å²) < 4.78 is 11.4. The fourth-order valence-electron chi connectivity index (χ4n) is 8.32. The van der Waals surface area contributed by atoms with Gasteiger partial charge in [-0.2, -0.15) is 0 Å². The number of fused-ring (bicyclic) bond motifs is 9. The van der Waals surface area contributed by atoms with Gasteiger partial charge in [0, 0.05) is 64.1 Å². The predicted octanol–water partition coefficient (Wildman–Crippen LogP) is 13.9. The van der Waals surface area contributed by atoms with Crippen molar-refractivity contribution in [3.63, 3.8) is 0 Å².